The van der Waals surface area contributed by atoms with Crippen molar-refractivity contribution in [2.75, 3.05) is 9.96 Å². The zero-order chi connectivity index (χ0) is 21.5. The first-order valence-electron chi connectivity index (χ1n) is 9.74. The van der Waals surface area contributed by atoms with E-state index in [1.165, 1.54) is 17.2 Å². The largest absolute Gasteiger partial charge is 0.273 e. The molecule has 2 aliphatic heterocycles. The predicted molar refractivity (Wildman–Crippen MR) is 112 cm³/mol. The fourth-order valence-electron chi connectivity index (χ4n) is 4.21. The van der Waals surface area contributed by atoms with E-state index in [-0.39, 0.29) is 5.69 Å². The van der Waals surface area contributed by atoms with E-state index < -0.39 is 34.8 Å². The second kappa shape index (κ2) is 7.33. The highest BCUT2D eigenvalue weighted by Gasteiger charge is 2.60. The number of carbonyl (C=O) groups excluding carboxylic acids is 2. The van der Waals surface area contributed by atoms with Crippen LogP contribution in [0.2, 0.25) is 0 Å². The van der Waals surface area contributed by atoms with Crippen LogP contribution in [0, 0.1) is 16.0 Å². The third-order valence-electron chi connectivity index (χ3n) is 5.56. The average molecular weight is 415 g/mol. The minimum atomic E-state index is -1.02. The number of benzene rings is 3. The van der Waals surface area contributed by atoms with Gasteiger partial charge in [0.1, 0.15) is 5.92 Å². The maximum absolute atomic E-state index is 13.4. The average Bonchev–Trinajstić information content (AvgIpc) is 3.31. The van der Waals surface area contributed by atoms with E-state index in [1.807, 2.05) is 18.2 Å². The summed E-state index contributed by atoms with van der Waals surface area (Å²) in [5, 5.41) is 12.9. The topological polar surface area (TPSA) is 93.0 Å². The highest BCUT2D eigenvalue weighted by molar-refractivity contribution is 6.23. The van der Waals surface area contributed by atoms with Crippen molar-refractivity contribution in [3.8, 4) is 0 Å². The normalized spacial score (nSPS) is 22.6. The monoisotopic (exact) mass is 415 g/mol. The molecule has 0 unspecified atom stereocenters. The van der Waals surface area contributed by atoms with Crippen LogP contribution in [-0.2, 0) is 14.4 Å². The highest BCUT2D eigenvalue weighted by Crippen LogP contribution is 2.47. The second-order valence-corrected chi connectivity index (χ2v) is 7.36. The summed E-state index contributed by atoms with van der Waals surface area (Å²) in [6.45, 7) is 0. The molecule has 3 aromatic rings. The Bertz CT molecular complexity index is 1170. The second-order valence-electron chi connectivity index (χ2n) is 7.36. The van der Waals surface area contributed by atoms with Crippen molar-refractivity contribution in [3.63, 3.8) is 0 Å². The van der Waals surface area contributed by atoms with Gasteiger partial charge in [0.25, 0.3) is 11.6 Å². The summed E-state index contributed by atoms with van der Waals surface area (Å²) in [5.41, 5.74) is 1.56. The molecule has 2 amide bonds. The van der Waals surface area contributed by atoms with Crippen LogP contribution in [0.25, 0.3) is 0 Å². The molecule has 0 radical (unpaired) electrons. The Hall–Kier alpha value is -4.04. The molecule has 0 N–H and O–H groups in total. The van der Waals surface area contributed by atoms with Crippen LogP contribution >= 0.6 is 0 Å². The van der Waals surface area contributed by atoms with Crippen LogP contribution in [0.1, 0.15) is 11.6 Å². The lowest BCUT2D eigenvalue weighted by molar-refractivity contribution is -0.384. The van der Waals surface area contributed by atoms with Crippen LogP contribution in [-0.4, -0.2) is 22.8 Å². The Morgan fingerprint density at radius 3 is 2.10 bits per heavy atom. The number of hydrogen-bond donors (Lipinski definition) is 0. The molecule has 0 saturated carbocycles. The van der Waals surface area contributed by atoms with Crippen LogP contribution in [0.4, 0.5) is 17.1 Å². The van der Waals surface area contributed by atoms with Gasteiger partial charge in [-0.05, 0) is 29.8 Å². The number of anilines is 2. The van der Waals surface area contributed by atoms with Gasteiger partial charge in [0.15, 0.2) is 6.10 Å². The summed E-state index contributed by atoms with van der Waals surface area (Å²) >= 11 is 0. The van der Waals surface area contributed by atoms with Gasteiger partial charge < -0.3 is 0 Å². The van der Waals surface area contributed by atoms with Gasteiger partial charge in [0, 0.05) is 12.1 Å². The maximum atomic E-state index is 13.4. The first-order valence-corrected chi connectivity index (χ1v) is 9.74. The van der Waals surface area contributed by atoms with Gasteiger partial charge in [-0.15, -0.1) is 0 Å². The molecule has 154 valence electrons. The number of fused-ring (bicyclic) bond motifs is 1. The summed E-state index contributed by atoms with van der Waals surface area (Å²) in [7, 11) is 0. The smallest absolute Gasteiger partial charge is 0.269 e. The van der Waals surface area contributed by atoms with E-state index in [0.717, 1.165) is 4.90 Å². The Balaban J connectivity index is 1.61. The number of non-ortho nitro benzene ring substituents is 1. The molecule has 31 heavy (non-hydrogen) atoms. The minimum absolute atomic E-state index is 0.0920. The molecule has 0 aliphatic carbocycles. The summed E-state index contributed by atoms with van der Waals surface area (Å²) in [6.07, 6.45) is -1.02. The van der Waals surface area contributed by atoms with E-state index in [4.69, 9.17) is 4.84 Å². The lowest BCUT2D eigenvalue weighted by Crippen LogP contribution is -2.37. The molecule has 2 fully saturated rings. The fourth-order valence-corrected chi connectivity index (χ4v) is 4.21. The molecule has 8 nitrogen and oxygen atoms in total. The van der Waals surface area contributed by atoms with E-state index in [2.05, 4.69) is 0 Å². The van der Waals surface area contributed by atoms with Crippen molar-refractivity contribution in [2.45, 2.75) is 12.1 Å². The standard InChI is InChI=1S/C23H17N3O5/c27-22-19-20(15-8-7-13-18(14-15)26(29)30)25(17-11-5-2-6-12-17)31-21(19)23(28)24(22)16-9-3-1-4-10-16/h1-14,19-21H/t19-,20-,21-/m1/s1. The number of hydroxylamine groups is 1. The lowest BCUT2D eigenvalue weighted by Gasteiger charge is -2.28. The van der Waals surface area contributed by atoms with Crippen molar-refractivity contribution >= 4 is 28.9 Å². The van der Waals surface area contributed by atoms with Crippen LogP contribution < -0.4 is 9.96 Å². The number of amides is 2. The summed E-state index contributed by atoms with van der Waals surface area (Å²) in [5.74, 6) is -1.68. The summed E-state index contributed by atoms with van der Waals surface area (Å²) in [6, 6.07) is 23.2. The van der Waals surface area contributed by atoms with Crippen molar-refractivity contribution in [1.29, 1.82) is 0 Å². The van der Waals surface area contributed by atoms with Gasteiger partial charge in [0.2, 0.25) is 5.91 Å². The van der Waals surface area contributed by atoms with Crippen molar-refractivity contribution in [3.05, 3.63) is 101 Å². The van der Waals surface area contributed by atoms with Crippen molar-refractivity contribution < 1.29 is 19.3 Å². The van der Waals surface area contributed by atoms with Gasteiger partial charge in [-0.1, -0.05) is 48.5 Å². The van der Waals surface area contributed by atoms with Crippen molar-refractivity contribution in [1.82, 2.24) is 0 Å². The van der Waals surface area contributed by atoms with E-state index in [0.29, 0.717) is 16.9 Å². The van der Waals surface area contributed by atoms with Gasteiger partial charge in [-0.25, -0.2) is 9.96 Å². The molecule has 0 bridgehead atoms. The van der Waals surface area contributed by atoms with Gasteiger partial charge >= 0.3 is 0 Å². The fraction of sp³-hybridized carbons (Fsp3) is 0.130. The third-order valence-corrected chi connectivity index (χ3v) is 5.56. The quantitative estimate of drug-likeness (QED) is 0.367. The Kier molecular flexibility index (Phi) is 4.48. The Morgan fingerprint density at radius 1 is 0.806 bits per heavy atom. The number of rotatable bonds is 4. The first kappa shape index (κ1) is 19.0. The third kappa shape index (κ3) is 3.04. The van der Waals surface area contributed by atoms with E-state index in [1.54, 1.807) is 54.6 Å². The van der Waals surface area contributed by atoms with Gasteiger partial charge in [-0.3, -0.25) is 24.5 Å². The first-order chi connectivity index (χ1) is 15.1. The molecule has 2 aliphatic rings. The number of nitro benzene ring substituents is 1. The van der Waals surface area contributed by atoms with Crippen LogP contribution in [0.3, 0.4) is 0 Å². The van der Waals surface area contributed by atoms with Gasteiger partial charge in [-0.2, -0.15) is 0 Å². The molecule has 5 rings (SSSR count). The van der Waals surface area contributed by atoms with E-state index in [9.17, 15) is 19.7 Å². The molecule has 3 atom stereocenters. The number of carbonyl (C=O) groups is 2. The highest BCUT2D eigenvalue weighted by atomic mass is 16.7. The number of para-hydroxylation sites is 2. The van der Waals surface area contributed by atoms with Gasteiger partial charge in [0.05, 0.1) is 22.3 Å². The number of imide groups is 1. The maximum Gasteiger partial charge on any atom is 0.269 e. The molecule has 0 aromatic heterocycles. The predicted octanol–water partition coefficient (Wildman–Crippen LogP) is 3.65. The van der Waals surface area contributed by atoms with E-state index >= 15 is 0 Å². The lowest BCUT2D eigenvalue weighted by atomic mass is 9.90. The Morgan fingerprint density at radius 2 is 1.45 bits per heavy atom. The Labute approximate surface area is 177 Å². The molecule has 2 heterocycles. The molecule has 0 spiro atoms. The molecular formula is C23H17N3O5. The molecule has 8 heteroatoms. The SMILES string of the molecule is O=C1[C@@H]2[C@@H](c3cccc([N+](=O)[O-])c3)N(c3ccccc3)O[C@H]2C(=O)N1c1ccccc1. The summed E-state index contributed by atoms with van der Waals surface area (Å²) in [4.78, 5) is 44.6. The summed E-state index contributed by atoms with van der Waals surface area (Å²) < 4.78 is 0. The molecule has 3 aromatic carbocycles. The zero-order valence-electron chi connectivity index (χ0n) is 16.2. The minimum Gasteiger partial charge on any atom is -0.273 e. The molecule has 2 saturated heterocycles. The zero-order valence-corrected chi connectivity index (χ0v) is 16.2. The van der Waals surface area contributed by atoms with Crippen LogP contribution in [0.5, 0.6) is 0 Å². The van der Waals surface area contributed by atoms with Crippen molar-refractivity contribution in [2.24, 2.45) is 5.92 Å². The van der Waals surface area contributed by atoms with Crippen LogP contribution in [0.15, 0.2) is 84.9 Å². The number of nitro groups is 1. The number of hydrogen-bond acceptors (Lipinski definition) is 6. The molecular weight excluding hydrogens is 398 g/mol. The number of nitrogens with zero attached hydrogens (tertiary/aromatic N) is 3.